The highest BCUT2D eigenvalue weighted by molar-refractivity contribution is 7.89. The number of aliphatic hydroxyl groups excluding tert-OH is 1. The minimum absolute atomic E-state index is 0.00565. The van der Waals surface area contributed by atoms with Crippen LogP contribution in [0.25, 0.3) is 0 Å². The second kappa shape index (κ2) is 6.83. The monoisotopic (exact) mass is 277 g/mol. The van der Waals surface area contributed by atoms with Crippen LogP contribution in [-0.4, -0.2) is 60.8 Å². The summed E-state index contributed by atoms with van der Waals surface area (Å²) in [6, 6.07) is 0. The molecule has 0 spiro atoms. The molecular weight excluding hydrogens is 258 g/mol. The Balaban J connectivity index is 2.92. The van der Waals surface area contributed by atoms with Gasteiger partial charge in [0.05, 0.1) is 19.5 Å². The molecule has 1 aromatic heterocycles. The van der Waals surface area contributed by atoms with E-state index in [4.69, 9.17) is 9.84 Å². The Labute approximate surface area is 107 Å². The van der Waals surface area contributed by atoms with Crippen molar-refractivity contribution < 1.29 is 18.3 Å². The molecule has 104 valence electrons. The van der Waals surface area contributed by atoms with Crippen molar-refractivity contribution in [1.29, 1.82) is 0 Å². The minimum Gasteiger partial charge on any atom is -0.395 e. The zero-order valence-electron chi connectivity index (χ0n) is 10.6. The Kier molecular flexibility index (Phi) is 5.73. The summed E-state index contributed by atoms with van der Waals surface area (Å²) in [5, 5.41) is 8.92. The number of aliphatic hydroxyl groups is 1. The first kappa shape index (κ1) is 15.1. The average molecular weight is 277 g/mol. The van der Waals surface area contributed by atoms with Crippen LogP contribution in [0.2, 0.25) is 0 Å². The van der Waals surface area contributed by atoms with Crippen LogP contribution in [0.5, 0.6) is 0 Å². The van der Waals surface area contributed by atoms with Gasteiger partial charge in [-0.05, 0) is 6.92 Å². The zero-order chi connectivity index (χ0) is 13.6. The number of methoxy groups -OCH3 is 1. The van der Waals surface area contributed by atoms with Crippen LogP contribution in [0.3, 0.4) is 0 Å². The summed E-state index contributed by atoms with van der Waals surface area (Å²) in [5.74, 6) is 0. The maximum Gasteiger partial charge on any atom is 0.262 e. The fourth-order valence-corrected chi connectivity index (χ4v) is 2.79. The molecule has 1 rings (SSSR count). The van der Waals surface area contributed by atoms with Gasteiger partial charge >= 0.3 is 0 Å². The van der Waals surface area contributed by atoms with E-state index in [0.29, 0.717) is 6.54 Å². The molecule has 8 heteroatoms. The number of nitrogens with zero attached hydrogens (tertiary/aromatic N) is 3. The first-order valence-electron chi connectivity index (χ1n) is 5.68. The Bertz CT molecular complexity index is 457. The van der Waals surface area contributed by atoms with Crippen molar-refractivity contribution in [2.75, 3.05) is 33.4 Å². The van der Waals surface area contributed by atoms with Gasteiger partial charge in [-0.3, -0.25) is 0 Å². The Hall–Kier alpha value is -0.960. The predicted molar refractivity (Wildman–Crippen MR) is 65.6 cm³/mol. The van der Waals surface area contributed by atoms with Gasteiger partial charge in [-0.2, -0.15) is 4.31 Å². The smallest absolute Gasteiger partial charge is 0.262 e. The van der Waals surface area contributed by atoms with Crippen molar-refractivity contribution in [3.8, 4) is 0 Å². The van der Waals surface area contributed by atoms with Crippen molar-refractivity contribution in [2.24, 2.45) is 0 Å². The fourth-order valence-electron chi connectivity index (χ4n) is 1.43. The van der Waals surface area contributed by atoms with Gasteiger partial charge in [-0.25, -0.2) is 13.4 Å². The third-order valence-corrected chi connectivity index (χ3v) is 4.26. The van der Waals surface area contributed by atoms with Gasteiger partial charge in [0, 0.05) is 32.9 Å². The Morgan fingerprint density at radius 2 is 2.22 bits per heavy atom. The normalized spacial score (nSPS) is 12.2. The van der Waals surface area contributed by atoms with Crippen LogP contribution < -0.4 is 0 Å². The molecule has 0 saturated carbocycles. The van der Waals surface area contributed by atoms with Crippen molar-refractivity contribution >= 4 is 10.0 Å². The standard InChI is InChI=1S/C10H19N3O4S/c1-3-12-8-10(11-9-12)18(15,16)13(4-6-14)5-7-17-2/h8-9,14H,3-7H2,1-2H3. The molecule has 0 aliphatic carbocycles. The molecule has 0 atom stereocenters. The van der Waals surface area contributed by atoms with Crippen LogP contribution in [0.15, 0.2) is 17.6 Å². The summed E-state index contributed by atoms with van der Waals surface area (Å²) in [5.41, 5.74) is 0. The van der Waals surface area contributed by atoms with E-state index in [2.05, 4.69) is 4.98 Å². The number of rotatable bonds is 8. The molecule has 0 fully saturated rings. The van der Waals surface area contributed by atoms with Gasteiger partial charge in [-0.15, -0.1) is 0 Å². The van der Waals surface area contributed by atoms with Gasteiger partial charge in [0.15, 0.2) is 5.03 Å². The summed E-state index contributed by atoms with van der Waals surface area (Å²) in [6.07, 6.45) is 2.95. The summed E-state index contributed by atoms with van der Waals surface area (Å²) in [4.78, 5) is 3.88. The third kappa shape index (κ3) is 3.52. The average Bonchev–Trinajstić information content (AvgIpc) is 2.83. The van der Waals surface area contributed by atoms with Gasteiger partial charge in [0.1, 0.15) is 0 Å². The summed E-state index contributed by atoms with van der Waals surface area (Å²) >= 11 is 0. The van der Waals surface area contributed by atoms with Crippen LogP contribution in [0.4, 0.5) is 0 Å². The van der Waals surface area contributed by atoms with E-state index in [1.54, 1.807) is 4.57 Å². The molecule has 0 aliphatic rings. The van der Waals surface area contributed by atoms with E-state index in [1.807, 2.05) is 6.92 Å². The number of aryl methyl sites for hydroxylation is 1. The predicted octanol–water partition coefficient (Wildman–Crippen LogP) is -0.468. The third-order valence-electron chi connectivity index (χ3n) is 2.47. The molecule has 1 N–H and O–H groups in total. The fraction of sp³-hybridized carbons (Fsp3) is 0.700. The van der Waals surface area contributed by atoms with Gasteiger partial charge in [0.25, 0.3) is 10.0 Å². The lowest BCUT2D eigenvalue weighted by Gasteiger charge is -2.19. The molecule has 1 aromatic rings. The van der Waals surface area contributed by atoms with Crippen LogP contribution >= 0.6 is 0 Å². The molecule has 7 nitrogen and oxygen atoms in total. The number of imidazole rings is 1. The Morgan fingerprint density at radius 3 is 2.72 bits per heavy atom. The molecular formula is C10H19N3O4S. The summed E-state index contributed by atoms with van der Waals surface area (Å²) in [7, 11) is -2.17. The number of ether oxygens (including phenoxy) is 1. The number of sulfonamides is 1. The molecule has 0 aliphatic heterocycles. The minimum atomic E-state index is -3.66. The van der Waals surface area contributed by atoms with E-state index in [9.17, 15) is 8.42 Å². The highest BCUT2D eigenvalue weighted by Gasteiger charge is 2.25. The number of aromatic nitrogens is 2. The molecule has 1 heterocycles. The van der Waals surface area contributed by atoms with E-state index in [0.717, 1.165) is 0 Å². The van der Waals surface area contributed by atoms with E-state index in [-0.39, 0.29) is 31.3 Å². The van der Waals surface area contributed by atoms with Gasteiger partial charge < -0.3 is 14.4 Å². The first-order valence-corrected chi connectivity index (χ1v) is 7.12. The SMILES string of the molecule is CCn1cnc(S(=O)(=O)N(CCO)CCOC)c1. The summed E-state index contributed by atoms with van der Waals surface area (Å²) in [6.45, 7) is 2.81. The highest BCUT2D eigenvalue weighted by Crippen LogP contribution is 2.12. The van der Waals surface area contributed by atoms with Crippen LogP contribution in [0.1, 0.15) is 6.92 Å². The second-order valence-corrected chi connectivity index (χ2v) is 5.55. The first-order chi connectivity index (χ1) is 8.56. The van der Waals surface area contributed by atoms with Crippen molar-refractivity contribution in [3.63, 3.8) is 0 Å². The molecule has 0 aromatic carbocycles. The Morgan fingerprint density at radius 1 is 1.50 bits per heavy atom. The number of hydrogen-bond donors (Lipinski definition) is 1. The maximum atomic E-state index is 12.2. The van der Waals surface area contributed by atoms with Gasteiger partial charge in [0.2, 0.25) is 0 Å². The molecule has 0 saturated heterocycles. The molecule has 0 bridgehead atoms. The van der Waals surface area contributed by atoms with E-state index in [1.165, 1.54) is 23.9 Å². The lowest BCUT2D eigenvalue weighted by atomic mass is 10.6. The molecule has 18 heavy (non-hydrogen) atoms. The number of hydrogen-bond acceptors (Lipinski definition) is 5. The largest absolute Gasteiger partial charge is 0.395 e. The molecule has 0 unspecified atom stereocenters. The van der Waals surface area contributed by atoms with Crippen molar-refractivity contribution in [3.05, 3.63) is 12.5 Å². The van der Waals surface area contributed by atoms with Gasteiger partial charge in [-0.1, -0.05) is 0 Å². The molecule has 0 radical (unpaired) electrons. The van der Waals surface area contributed by atoms with E-state index < -0.39 is 10.0 Å². The van der Waals surface area contributed by atoms with Crippen LogP contribution in [-0.2, 0) is 21.3 Å². The topological polar surface area (TPSA) is 84.7 Å². The molecule has 0 amide bonds. The zero-order valence-corrected chi connectivity index (χ0v) is 11.4. The quantitative estimate of drug-likeness (QED) is 0.694. The van der Waals surface area contributed by atoms with E-state index >= 15 is 0 Å². The maximum absolute atomic E-state index is 12.2. The van der Waals surface area contributed by atoms with Crippen molar-refractivity contribution in [2.45, 2.75) is 18.5 Å². The van der Waals surface area contributed by atoms with Crippen molar-refractivity contribution in [1.82, 2.24) is 13.9 Å². The lowest BCUT2D eigenvalue weighted by molar-refractivity contribution is 0.168. The summed E-state index contributed by atoms with van der Waals surface area (Å²) < 4.78 is 32.2. The van der Waals surface area contributed by atoms with Crippen LogP contribution in [0, 0.1) is 0 Å². The lowest BCUT2D eigenvalue weighted by Crippen LogP contribution is -2.36. The highest BCUT2D eigenvalue weighted by atomic mass is 32.2. The second-order valence-electron chi connectivity index (χ2n) is 3.66.